The highest BCUT2D eigenvalue weighted by atomic mass is 16.3. The summed E-state index contributed by atoms with van der Waals surface area (Å²) in [5, 5.41) is 9.36. The van der Waals surface area contributed by atoms with E-state index in [9.17, 15) is 0 Å². The molecule has 0 spiro atoms. The normalized spacial score (nSPS) is 12.3. The van der Waals surface area contributed by atoms with Gasteiger partial charge in [0.2, 0.25) is 12.4 Å². The number of hydrogen-bond donors (Lipinski definition) is 0. The van der Waals surface area contributed by atoms with E-state index in [-0.39, 0.29) is 0 Å². The second-order valence-corrected chi connectivity index (χ2v) is 8.09. The molecule has 4 aromatic heterocycles. The lowest BCUT2D eigenvalue weighted by molar-refractivity contribution is -0.670. The Morgan fingerprint density at radius 3 is 2.07 bits per heavy atom. The minimum absolute atomic E-state index is 0.877. The van der Waals surface area contributed by atoms with Crippen molar-refractivity contribution >= 4 is 65.4 Å². The maximum Gasteiger partial charge on any atom is 0.212 e. The van der Waals surface area contributed by atoms with Gasteiger partial charge < -0.3 is 8.83 Å². The molecule has 4 nitrogen and oxygen atoms in total. The van der Waals surface area contributed by atoms with Crippen LogP contribution in [0.25, 0.3) is 65.4 Å². The van der Waals surface area contributed by atoms with E-state index in [0.717, 1.165) is 43.9 Å². The average molecular weight is 390 g/mol. The van der Waals surface area contributed by atoms with Gasteiger partial charge in [-0.3, -0.25) is 0 Å². The van der Waals surface area contributed by atoms with E-state index in [1.165, 1.54) is 21.5 Å². The summed E-state index contributed by atoms with van der Waals surface area (Å²) in [5.74, 6) is 0. The second kappa shape index (κ2) is 5.36. The van der Waals surface area contributed by atoms with Gasteiger partial charge in [-0.25, -0.2) is 9.13 Å². The lowest BCUT2D eigenvalue weighted by atomic mass is 9.91. The lowest BCUT2D eigenvalue weighted by Crippen LogP contribution is -2.26. The van der Waals surface area contributed by atoms with Gasteiger partial charge in [0.25, 0.3) is 0 Å². The van der Waals surface area contributed by atoms with Crippen LogP contribution < -0.4 is 9.13 Å². The predicted molar refractivity (Wildman–Crippen MR) is 118 cm³/mol. The summed E-state index contributed by atoms with van der Waals surface area (Å²) in [4.78, 5) is 0. The molecule has 7 rings (SSSR count). The van der Waals surface area contributed by atoms with E-state index in [2.05, 4.69) is 59.6 Å². The van der Waals surface area contributed by atoms with Gasteiger partial charge in [-0.15, -0.1) is 0 Å². The summed E-state index contributed by atoms with van der Waals surface area (Å²) in [5.41, 5.74) is 3.56. The quantitative estimate of drug-likeness (QED) is 0.196. The summed E-state index contributed by atoms with van der Waals surface area (Å²) in [6.45, 7) is 0. The molecule has 0 aliphatic heterocycles. The zero-order chi connectivity index (χ0) is 20.0. The Morgan fingerprint density at radius 2 is 1.17 bits per heavy atom. The van der Waals surface area contributed by atoms with Crippen LogP contribution in [0.1, 0.15) is 0 Å². The summed E-state index contributed by atoms with van der Waals surface area (Å²) >= 11 is 0. The van der Waals surface area contributed by atoms with E-state index in [4.69, 9.17) is 8.83 Å². The SMILES string of the molecule is C[n+]1ccc2c(c1)oc1cccc3c4c[n+](C)cc5oc6ccccc6c(c54)c2c13. The molecule has 0 radical (unpaired) electrons. The van der Waals surface area contributed by atoms with E-state index < -0.39 is 0 Å². The Labute approximate surface area is 171 Å². The number of para-hydroxylation sites is 1. The van der Waals surface area contributed by atoms with Crippen molar-refractivity contribution in [2.45, 2.75) is 0 Å². The molecule has 0 aliphatic carbocycles. The van der Waals surface area contributed by atoms with Crippen molar-refractivity contribution in [1.29, 1.82) is 0 Å². The molecule has 0 unspecified atom stereocenters. The highest BCUT2D eigenvalue weighted by Crippen LogP contribution is 2.45. The van der Waals surface area contributed by atoms with E-state index in [1.807, 2.05) is 37.0 Å². The third-order valence-corrected chi connectivity index (χ3v) is 6.16. The summed E-state index contributed by atoms with van der Waals surface area (Å²) in [6.07, 6.45) is 8.37. The third kappa shape index (κ3) is 1.90. The van der Waals surface area contributed by atoms with Gasteiger partial charge in [-0.05, 0) is 12.1 Å². The first-order chi connectivity index (χ1) is 14.7. The second-order valence-electron chi connectivity index (χ2n) is 8.09. The molecule has 30 heavy (non-hydrogen) atoms. The van der Waals surface area contributed by atoms with E-state index in [1.54, 1.807) is 0 Å². The van der Waals surface area contributed by atoms with Crippen LogP contribution in [0.15, 0.2) is 82.2 Å². The molecule has 0 bridgehead atoms. The molecule has 0 fully saturated rings. The predicted octanol–water partition coefficient (Wildman–Crippen LogP) is 5.44. The van der Waals surface area contributed by atoms with Crippen LogP contribution in [0, 0.1) is 0 Å². The molecule has 0 amide bonds. The van der Waals surface area contributed by atoms with Gasteiger partial charge in [-0.2, -0.15) is 0 Å². The van der Waals surface area contributed by atoms with Crippen LogP contribution >= 0.6 is 0 Å². The van der Waals surface area contributed by atoms with Gasteiger partial charge in [0.1, 0.15) is 25.3 Å². The minimum atomic E-state index is 0.877. The number of aryl methyl sites for hydroxylation is 2. The molecule has 0 aliphatic rings. The van der Waals surface area contributed by atoms with Crippen molar-refractivity contribution in [3.63, 3.8) is 0 Å². The minimum Gasteiger partial charge on any atom is -0.450 e. The highest BCUT2D eigenvalue weighted by Gasteiger charge is 2.22. The van der Waals surface area contributed by atoms with Crippen LogP contribution in [0.3, 0.4) is 0 Å². The Bertz CT molecular complexity index is 1820. The summed E-state index contributed by atoms with van der Waals surface area (Å²) in [7, 11) is 4.06. The van der Waals surface area contributed by atoms with E-state index >= 15 is 0 Å². The number of hydrogen-bond acceptors (Lipinski definition) is 2. The highest BCUT2D eigenvalue weighted by molar-refractivity contribution is 6.39. The zero-order valence-electron chi connectivity index (χ0n) is 16.6. The Morgan fingerprint density at radius 1 is 0.500 bits per heavy atom. The average Bonchev–Trinajstić information content (AvgIpc) is 2.75. The number of aromatic nitrogens is 2. The van der Waals surface area contributed by atoms with Crippen LogP contribution in [-0.2, 0) is 14.1 Å². The fraction of sp³-hybridized carbons (Fsp3) is 0.0769. The Hall–Kier alpha value is -3.92. The summed E-state index contributed by atoms with van der Waals surface area (Å²) in [6, 6.07) is 16.8. The molecule has 4 heterocycles. The van der Waals surface area contributed by atoms with Crippen molar-refractivity contribution in [1.82, 2.24) is 0 Å². The first-order valence-corrected chi connectivity index (χ1v) is 10.1. The topological polar surface area (TPSA) is 34.0 Å². The van der Waals surface area contributed by atoms with Crippen LogP contribution in [-0.4, -0.2) is 0 Å². The van der Waals surface area contributed by atoms with Crippen LogP contribution in [0.2, 0.25) is 0 Å². The van der Waals surface area contributed by atoms with Gasteiger partial charge in [0.05, 0.1) is 5.39 Å². The van der Waals surface area contributed by atoms with Crippen molar-refractivity contribution in [3.05, 3.63) is 73.3 Å². The molecule has 142 valence electrons. The molecule has 0 saturated heterocycles. The fourth-order valence-electron chi connectivity index (χ4n) is 4.97. The largest absolute Gasteiger partial charge is 0.450 e. The maximum atomic E-state index is 6.39. The third-order valence-electron chi connectivity index (χ3n) is 6.16. The molecular formula is C26H18N2O2+2. The molecule has 4 heteroatoms. The smallest absolute Gasteiger partial charge is 0.212 e. The first kappa shape index (κ1) is 15.9. The fourth-order valence-corrected chi connectivity index (χ4v) is 4.97. The van der Waals surface area contributed by atoms with Crippen LogP contribution in [0.5, 0.6) is 0 Å². The summed E-state index contributed by atoms with van der Waals surface area (Å²) < 4.78 is 16.9. The van der Waals surface area contributed by atoms with Crippen LogP contribution in [0.4, 0.5) is 0 Å². The molecule has 0 atom stereocenters. The Balaban J connectivity index is 1.98. The van der Waals surface area contributed by atoms with Gasteiger partial charge >= 0.3 is 0 Å². The first-order valence-electron chi connectivity index (χ1n) is 10.1. The van der Waals surface area contributed by atoms with Gasteiger partial charge in [-0.1, -0.05) is 30.3 Å². The lowest BCUT2D eigenvalue weighted by Gasteiger charge is -2.15. The van der Waals surface area contributed by atoms with Crippen molar-refractivity contribution in [2.75, 3.05) is 0 Å². The number of nitrogens with zero attached hydrogens (tertiary/aromatic N) is 2. The standard InChI is InChI=1S/C26H18N2O2/c1-27-11-10-17-21(13-27)30-20-9-5-7-15-18-12-28(2)14-22-24(18)25(26(17)23(15)20)16-6-3-4-8-19(16)29-22/h3-14H,1-2H3/q+2. The molecule has 0 N–H and O–H groups in total. The molecule has 3 aromatic carbocycles. The van der Waals surface area contributed by atoms with Gasteiger partial charge in [0.15, 0.2) is 23.6 Å². The van der Waals surface area contributed by atoms with Crippen molar-refractivity contribution in [3.8, 4) is 0 Å². The molecule has 7 aromatic rings. The number of fused-ring (bicyclic) bond motifs is 6. The maximum absolute atomic E-state index is 6.39. The Kier molecular flexibility index (Phi) is 2.85. The molecular weight excluding hydrogens is 372 g/mol. The van der Waals surface area contributed by atoms with Crippen molar-refractivity contribution < 1.29 is 18.0 Å². The zero-order valence-corrected chi connectivity index (χ0v) is 16.6. The van der Waals surface area contributed by atoms with Crippen molar-refractivity contribution in [2.24, 2.45) is 14.1 Å². The molecule has 0 saturated carbocycles. The number of pyridine rings is 2. The van der Waals surface area contributed by atoms with E-state index in [0.29, 0.717) is 0 Å². The number of benzene rings is 3. The number of rotatable bonds is 0. The monoisotopic (exact) mass is 390 g/mol. The van der Waals surface area contributed by atoms with Gasteiger partial charge in [0, 0.05) is 43.8 Å².